The summed E-state index contributed by atoms with van der Waals surface area (Å²) in [6.07, 6.45) is 0. The van der Waals surface area contributed by atoms with Gasteiger partial charge in [-0.1, -0.05) is 23.8 Å². The molecule has 0 aliphatic heterocycles. The van der Waals surface area contributed by atoms with Crippen LogP contribution >= 0.6 is 15.9 Å². The first kappa shape index (κ1) is 12.8. The maximum atomic E-state index is 12.2. The van der Waals surface area contributed by atoms with Crippen molar-refractivity contribution in [3.05, 3.63) is 58.3 Å². The van der Waals surface area contributed by atoms with E-state index >= 15 is 0 Å². The van der Waals surface area contributed by atoms with Crippen molar-refractivity contribution in [1.29, 1.82) is 0 Å². The summed E-state index contributed by atoms with van der Waals surface area (Å²) in [5.41, 5.74) is 2.44. The van der Waals surface area contributed by atoms with Gasteiger partial charge in [0.2, 0.25) is 0 Å². The molecule has 0 fully saturated rings. The Hall–Kier alpha value is -1.68. The van der Waals surface area contributed by atoms with E-state index < -0.39 is 0 Å². The zero-order chi connectivity index (χ0) is 13.1. The topological polar surface area (TPSA) is 33.2 Å². The number of carbonyl (C=O) groups is 1. The van der Waals surface area contributed by atoms with Crippen LogP contribution in [0.3, 0.4) is 0 Å². The molecule has 2 aromatic rings. The molecule has 4 heteroatoms. The van der Waals surface area contributed by atoms with Crippen molar-refractivity contribution < 1.29 is 4.79 Å². The number of pyridine rings is 1. The Bertz CT molecular complexity index is 566. The quantitative estimate of drug-likeness (QED) is 0.796. The molecule has 0 saturated carbocycles. The lowest BCUT2D eigenvalue weighted by molar-refractivity contribution is 0.0988. The van der Waals surface area contributed by atoms with E-state index in [4.69, 9.17) is 0 Å². The number of rotatable bonds is 2. The summed E-state index contributed by atoms with van der Waals surface area (Å²) in [4.78, 5) is 18.0. The maximum absolute atomic E-state index is 12.2. The molecule has 92 valence electrons. The van der Waals surface area contributed by atoms with Gasteiger partial charge in [0, 0.05) is 12.7 Å². The number of halogens is 1. The number of anilines is 1. The van der Waals surface area contributed by atoms with Gasteiger partial charge in [0.25, 0.3) is 5.91 Å². The summed E-state index contributed by atoms with van der Waals surface area (Å²) >= 11 is 3.26. The van der Waals surface area contributed by atoms with Gasteiger partial charge in [-0.25, -0.2) is 4.98 Å². The van der Waals surface area contributed by atoms with E-state index in [2.05, 4.69) is 20.9 Å². The van der Waals surface area contributed by atoms with Gasteiger partial charge in [0.1, 0.15) is 10.3 Å². The molecule has 18 heavy (non-hydrogen) atoms. The van der Waals surface area contributed by atoms with Gasteiger partial charge in [-0.2, -0.15) is 0 Å². The van der Waals surface area contributed by atoms with Crippen LogP contribution in [0.4, 0.5) is 5.69 Å². The maximum Gasteiger partial charge on any atom is 0.276 e. The Morgan fingerprint density at radius 3 is 2.44 bits per heavy atom. The molecular formula is C14H13BrN2O. The first-order valence-corrected chi connectivity index (χ1v) is 6.34. The molecule has 1 heterocycles. The Labute approximate surface area is 115 Å². The van der Waals surface area contributed by atoms with E-state index in [0.29, 0.717) is 10.3 Å². The van der Waals surface area contributed by atoms with Crippen molar-refractivity contribution in [2.24, 2.45) is 0 Å². The van der Waals surface area contributed by atoms with Crippen molar-refractivity contribution in [3.8, 4) is 0 Å². The highest BCUT2D eigenvalue weighted by molar-refractivity contribution is 9.10. The van der Waals surface area contributed by atoms with Crippen molar-refractivity contribution in [3.63, 3.8) is 0 Å². The van der Waals surface area contributed by atoms with Gasteiger partial charge < -0.3 is 4.90 Å². The number of aromatic nitrogens is 1. The molecule has 1 aromatic carbocycles. The van der Waals surface area contributed by atoms with Gasteiger partial charge >= 0.3 is 0 Å². The van der Waals surface area contributed by atoms with Crippen molar-refractivity contribution >= 4 is 27.5 Å². The zero-order valence-electron chi connectivity index (χ0n) is 10.2. The lowest BCUT2D eigenvalue weighted by Crippen LogP contribution is -2.27. The lowest BCUT2D eigenvalue weighted by atomic mass is 10.2. The van der Waals surface area contributed by atoms with Crippen LogP contribution in [0, 0.1) is 6.92 Å². The van der Waals surface area contributed by atoms with Crippen molar-refractivity contribution in [1.82, 2.24) is 4.98 Å². The minimum Gasteiger partial charge on any atom is -0.310 e. The van der Waals surface area contributed by atoms with Crippen molar-refractivity contribution in [2.75, 3.05) is 11.9 Å². The Morgan fingerprint density at radius 2 is 1.83 bits per heavy atom. The first-order valence-electron chi connectivity index (χ1n) is 5.55. The van der Waals surface area contributed by atoms with Gasteiger partial charge in [-0.15, -0.1) is 0 Å². The van der Waals surface area contributed by atoms with Crippen molar-refractivity contribution in [2.45, 2.75) is 6.92 Å². The number of amides is 1. The van der Waals surface area contributed by atoms with E-state index in [-0.39, 0.29) is 5.91 Å². The Balaban J connectivity index is 2.26. The minimum absolute atomic E-state index is 0.125. The second-order valence-electron chi connectivity index (χ2n) is 4.05. The third kappa shape index (κ3) is 2.76. The monoisotopic (exact) mass is 304 g/mol. The molecule has 1 aromatic heterocycles. The van der Waals surface area contributed by atoms with E-state index in [0.717, 1.165) is 5.69 Å². The highest BCUT2D eigenvalue weighted by atomic mass is 79.9. The second-order valence-corrected chi connectivity index (χ2v) is 4.86. The van der Waals surface area contributed by atoms with E-state index in [9.17, 15) is 4.79 Å². The second kappa shape index (κ2) is 5.31. The summed E-state index contributed by atoms with van der Waals surface area (Å²) in [7, 11) is 1.75. The fourth-order valence-electron chi connectivity index (χ4n) is 1.58. The highest BCUT2D eigenvalue weighted by Gasteiger charge is 2.14. The number of carbonyl (C=O) groups excluding carboxylic acids is 1. The summed E-state index contributed by atoms with van der Waals surface area (Å²) in [6.45, 7) is 2.02. The number of benzene rings is 1. The van der Waals surface area contributed by atoms with Crippen LogP contribution in [0.1, 0.15) is 16.1 Å². The average Bonchev–Trinajstić information content (AvgIpc) is 2.38. The molecule has 1 amide bonds. The molecule has 0 atom stereocenters. The molecule has 3 nitrogen and oxygen atoms in total. The van der Waals surface area contributed by atoms with Crippen LogP contribution in [-0.2, 0) is 0 Å². The van der Waals surface area contributed by atoms with Crippen LogP contribution in [-0.4, -0.2) is 17.9 Å². The zero-order valence-corrected chi connectivity index (χ0v) is 11.8. The standard InChI is InChI=1S/C14H13BrN2O/c1-10-6-8-11(9-7-10)17(2)14(18)12-4-3-5-13(15)16-12/h3-9H,1-2H3. The summed E-state index contributed by atoms with van der Waals surface area (Å²) < 4.78 is 0.658. The number of aryl methyl sites for hydroxylation is 1. The van der Waals surface area contributed by atoms with Gasteiger partial charge in [-0.3, -0.25) is 4.79 Å². The van der Waals surface area contributed by atoms with Crippen LogP contribution in [0.15, 0.2) is 47.1 Å². The van der Waals surface area contributed by atoms with Crippen LogP contribution < -0.4 is 4.90 Å². The van der Waals surface area contributed by atoms with E-state index in [1.54, 1.807) is 30.1 Å². The van der Waals surface area contributed by atoms with Crippen LogP contribution in [0.2, 0.25) is 0 Å². The van der Waals surface area contributed by atoms with Crippen LogP contribution in [0.25, 0.3) is 0 Å². The third-order valence-electron chi connectivity index (χ3n) is 2.66. The fraction of sp³-hybridized carbons (Fsp3) is 0.143. The molecule has 0 spiro atoms. The number of nitrogens with zero attached hydrogens (tertiary/aromatic N) is 2. The third-order valence-corrected chi connectivity index (χ3v) is 3.10. The fourth-order valence-corrected chi connectivity index (χ4v) is 1.93. The predicted octanol–water partition coefficient (Wildman–Crippen LogP) is 3.43. The molecule has 2 rings (SSSR count). The lowest BCUT2D eigenvalue weighted by Gasteiger charge is -2.17. The molecular weight excluding hydrogens is 292 g/mol. The Kier molecular flexibility index (Phi) is 3.77. The Morgan fingerprint density at radius 1 is 1.17 bits per heavy atom. The normalized spacial score (nSPS) is 10.2. The van der Waals surface area contributed by atoms with E-state index in [1.165, 1.54) is 5.56 Å². The summed E-state index contributed by atoms with van der Waals surface area (Å²) in [5, 5.41) is 0. The van der Waals surface area contributed by atoms with Gasteiger partial charge in [0.15, 0.2) is 0 Å². The van der Waals surface area contributed by atoms with Gasteiger partial charge in [0.05, 0.1) is 0 Å². The first-order chi connectivity index (χ1) is 8.58. The molecule has 0 bridgehead atoms. The van der Waals surface area contributed by atoms with Crippen LogP contribution in [0.5, 0.6) is 0 Å². The molecule has 0 unspecified atom stereocenters. The molecule has 0 N–H and O–H groups in total. The summed E-state index contributed by atoms with van der Waals surface area (Å²) in [5.74, 6) is -0.125. The smallest absolute Gasteiger partial charge is 0.276 e. The molecule has 0 saturated heterocycles. The molecule has 0 radical (unpaired) electrons. The van der Waals surface area contributed by atoms with Gasteiger partial charge in [-0.05, 0) is 47.1 Å². The predicted molar refractivity (Wildman–Crippen MR) is 75.8 cm³/mol. The molecule has 0 aliphatic rings. The number of hydrogen-bond acceptors (Lipinski definition) is 2. The SMILES string of the molecule is Cc1ccc(N(C)C(=O)c2cccc(Br)n2)cc1. The average molecular weight is 305 g/mol. The highest BCUT2D eigenvalue weighted by Crippen LogP contribution is 2.16. The largest absolute Gasteiger partial charge is 0.310 e. The minimum atomic E-state index is -0.125. The molecule has 0 aliphatic carbocycles. The van der Waals surface area contributed by atoms with E-state index in [1.807, 2.05) is 31.2 Å². The summed E-state index contributed by atoms with van der Waals surface area (Å²) in [6, 6.07) is 13.1. The number of hydrogen-bond donors (Lipinski definition) is 0.